The summed E-state index contributed by atoms with van der Waals surface area (Å²) in [7, 11) is 0. The van der Waals surface area contributed by atoms with Gasteiger partial charge < -0.3 is 10.6 Å². The lowest BCUT2D eigenvalue weighted by Gasteiger charge is -2.19. The van der Waals surface area contributed by atoms with Gasteiger partial charge in [0.2, 0.25) is 11.1 Å². The predicted octanol–water partition coefficient (Wildman–Crippen LogP) is 3.81. The molecule has 0 saturated heterocycles. The van der Waals surface area contributed by atoms with Crippen molar-refractivity contribution in [3.05, 3.63) is 81.7 Å². The zero-order chi connectivity index (χ0) is 24.7. The van der Waals surface area contributed by atoms with E-state index in [1.165, 1.54) is 36.0 Å². The number of non-ortho nitro benzene ring substituents is 1. The molecule has 2 amide bonds. The second kappa shape index (κ2) is 11.4. The van der Waals surface area contributed by atoms with Gasteiger partial charge in [0.05, 0.1) is 22.8 Å². The topological polar surface area (TPSA) is 143 Å². The Bertz CT molecular complexity index is 1150. The Morgan fingerprint density at radius 1 is 1.09 bits per heavy atom. The fourth-order valence-corrected chi connectivity index (χ4v) is 3.85. The van der Waals surface area contributed by atoms with E-state index in [9.17, 15) is 19.7 Å². The maximum Gasteiger partial charge on any atom is 0.270 e. The first kappa shape index (κ1) is 24.9. The van der Waals surface area contributed by atoms with Crippen molar-refractivity contribution in [1.29, 1.82) is 0 Å². The molecule has 0 aliphatic rings. The summed E-state index contributed by atoms with van der Waals surface area (Å²) in [6.45, 7) is 5.73. The monoisotopic (exact) mass is 482 g/mol. The van der Waals surface area contributed by atoms with E-state index in [0.29, 0.717) is 11.0 Å². The molecular weight excluding hydrogens is 456 g/mol. The van der Waals surface area contributed by atoms with Crippen molar-refractivity contribution in [1.82, 2.24) is 25.8 Å². The highest BCUT2D eigenvalue weighted by Crippen LogP contribution is 2.23. The number of nitrogens with one attached hydrogen (secondary N) is 3. The number of hydrogen-bond acceptors (Lipinski definition) is 7. The molecule has 34 heavy (non-hydrogen) atoms. The second-order valence-electron chi connectivity index (χ2n) is 7.99. The first-order valence-electron chi connectivity index (χ1n) is 10.7. The highest BCUT2D eigenvalue weighted by atomic mass is 32.2. The quantitative estimate of drug-likeness (QED) is 0.226. The van der Waals surface area contributed by atoms with Gasteiger partial charge in [0.15, 0.2) is 0 Å². The number of nitrogens with zero attached hydrogens (tertiary/aromatic N) is 3. The van der Waals surface area contributed by atoms with E-state index in [2.05, 4.69) is 25.8 Å². The van der Waals surface area contributed by atoms with Gasteiger partial charge in [-0.15, -0.1) is 5.10 Å². The number of carbonyl (C=O) groups is 2. The van der Waals surface area contributed by atoms with Crippen LogP contribution in [0.15, 0.2) is 59.8 Å². The molecule has 0 aliphatic heterocycles. The minimum Gasteiger partial charge on any atom is -0.349 e. The molecule has 3 N–H and O–H groups in total. The zero-order valence-electron chi connectivity index (χ0n) is 19.0. The Morgan fingerprint density at radius 3 is 2.50 bits per heavy atom. The van der Waals surface area contributed by atoms with E-state index < -0.39 is 16.9 Å². The SMILES string of the molecule is CC(C)[C@H](NC(=O)c1cccc([N+](=O)[O-])c1)c1nc(SCC(=O)N[C@H](C)c2ccccc2)n[nH]1. The number of hydrogen-bond donors (Lipinski definition) is 3. The maximum atomic E-state index is 12.7. The van der Waals surface area contributed by atoms with E-state index in [1.807, 2.05) is 51.1 Å². The van der Waals surface area contributed by atoms with Gasteiger partial charge in [-0.1, -0.05) is 62.0 Å². The Morgan fingerprint density at radius 2 is 1.82 bits per heavy atom. The zero-order valence-corrected chi connectivity index (χ0v) is 19.8. The summed E-state index contributed by atoms with van der Waals surface area (Å²) in [6.07, 6.45) is 0. The summed E-state index contributed by atoms with van der Waals surface area (Å²) < 4.78 is 0. The number of aromatic nitrogens is 3. The molecule has 1 heterocycles. The van der Waals surface area contributed by atoms with Crippen molar-refractivity contribution in [2.24, 2.45) is 5.92 Å². The number of H-pyrrole nitrogens is 1. The van der Waals surface area contributed by atoms with Crippen molar-refractivity contribution >= 4 is 29.3 Å². The van der Waals surface area contributed by atoms with Crippen LogP contribution in [0.3, 0.4) is 0 Å². The Hall–Kier alpha value is -3.73. The average Bonchev–Trinajstić information content (AvgIpc) is 3.30. The van der Waals surface area contributed by atoms with Gasteiger partial charge in [-0.25, -0.2) is 4.98 Å². The van der Waals surface area contributed by atoms with Gasteiger partial charge >= 0.3 is 0 Å². The standard InChI is InChI=1S/C23H26N6O4S/c1-14(2)20(25-22(31)17-10-7-11-18(12-17)29(32)33)21-26-23(28-27-21)34-13-19(30)24-15(3)16-8-5-4-6-9-16/h4-12,14-15,20H,13H2,1-3H3,(H,24,30)(H,25,31)(H,26,27,28)/t15-,20+/m1/s1. The largest absolute Gasteiger partial charge is 0.349 e. The number of benzene rings is 2. The molecule has 10 nitrogen and oxygen atoms in total. The molecule has 11 heteroatoms. The summed E-state index contributed by atoms with van der Waals surface area (Å²) in [5.74, 6) is -0.0619. The van der Waals surface area contributed by atoms with Crippen LogP contribution >= 0.6 is 11.8 Å². The molecule has 2 atom stereocenters. The molecule has 0 fully saturated rings. The minimum absolute atomic E-state index is 0.0385. The summed E-state index contributed by atoms with van der Waals surface area (Å²) in [4.78, 5) is 39.9. The highest BCUT2D eigenvalue weighted by Gasteiger charge is 2.24. The number of rotatable bonds is 10. The van der Waals surface area contributed by atoms with Gasteiger partial charge in [-0.3, -0.25) is 24.8 Å². The van der Waals surface area contributed by atoms with E-state index >= 15 is 0 Å². The first-order valence-corrected chi connectivity index (χ1v) is 11.7. The Labute approximate surface area is 201 Å². The fourth-order valence-electron chi connectivity index (χ4n) is 3.24. The van der Waals surface area contributed by atoms with Crippen LogP contribution in [-0.2, 0) is 4.79 Å². The van der Waals surface area contributed by atoms with Crippen LogP contribution in [-0.4, -0.2) is 37.7 Å². The summed E-state index contributed by atoms with van der Waals surface area (Å²) >= 11 is 1.18. The predicted molar refractivity (Wildman–Crippen MR) is 128 cm³/mol. The molecule has 3 rings (SSSR count). The molecule has 0 aliphatic carbocycles. The Kier molecular flexibility index (Phi) is 8.36. The Balaban J connectivity index is 1.60. The van der Waals surface area contributed by atoms with Gasteiger partial charge in [-0.05, 0) is 24.5 Å². The van der Waals surface area contributed by atoms with Crippen molar-refractivity contribution in [3.8, 4) is 0 Å². The van der Waals surface area contributed by atoms with E-state index in [-0.39, 0.29) is 34.9 Å². The molecule has 0 radical (unpaired) electrons. The third-order valence-electron chi connectivity index (χ3n) is 5.06. The summed E-state index contributed by atoms with van der Waals surface area (Å²) in [6, 6.07) is 14.6. The molecule has 178 valence electrons. The van der Waals surface area contributed by atoms with Gasteiger partial charge in [0.25, 0.3) is 11.6 Å². The van der Waals surface area contributed by atoms with Crippen molar-refractivity contribution in [3.63, 3.8) is 0 Å². The van der Waals surface area contributed by atoms with Crippen LogP contribution in [0, 0.1) is 16.0 Å². The lowest BCUT2D eigenvalue weighted by atomic mass is 10.0. The number of nitro benzene ring substituents is 1. The molecular formula is C23H26N6O4S. The van der Waals surface area contributed by atoms with Crippen LogP contribution in [0.5, 0.6) is 0 Å². The van der Waals surface area contributed by atoms with E-state index in [4.69, 9.17) is 0 Å². The first-order chi connectivity index (χ1) is 16.2. The fraction of sp³-hybridized carbons (Fsp3) is 0.304. The van der Waals surface area contributed by atoms with Crippen LogP contribution in [0.2, 0.25) is 0 Å². The average molecular weight is 483 g/mol. The van der Waals surface area contributed by atoms with Crippen LogP contribution < -0.4 is 10.6 Å². The number of thioether (sulfide) groups is 1. The molecule has 2 aromatic carbocycles. The van der Waals surface area contributed by atoms with Gasteiger partial charge in [-0.2, -0.15) is 0 Å². The lowest BCUT2D eigenvalue weighted by Crippen LogP contribution is -2.32. The lowest BCUT2D eigenvalue weighted by molar-refractivity contribution is -0.384. The van der Waals surface area contributed by atoms with Gasteiger partial charge in [0.1, 0.15) is 5.82 Å². The van der Waals surface area contributed by atoms with Crippen LogP contribution in [0.25, 0.3) is 0 Å². The van der Waals surface area contributed by atoms with E-state index in [1.54, 1.807) is 0 Å². The van der Waals surface area contributed by atoms with Crippen molar-refractivity contribution in [2.75, 3.05) is 5.75 Å². The summed E-state index contributed by atoms with van der Waals surface area (Å²) in [5.41, 5.74) is 1.03. The van der Waals surface area contributed by atoms with Crippen molar-refractivity contribution in [2.45, 2.75) is 38.0 Å². The summed E-state index contributed by atoms with van der Waals surface area (Å²) in [5, 5.41) is 24.1. The number of nitro groups is 1. The minimum atomic E-state index is -0.548. The number of carbonyl (C=O) groups excluding carboxylic acids is 2. The normalized spacial score (nSPS) is 12.7. The molecule has 1 aromatic heterocycles. The van der Waals surface area contributed by atoms with E-state index in [0.717, 1.165) is 5.56 Å². The molecule has 0 saturated carbocycles. The number of amides is 2. The molecule has 0 spiro atoms. The third-order valence-corrected chi connectivity index (χ3v) is 5.91. The number of aromatic amines is 1. The third kappa shape index (κ3) is 6.64. The highest BCUT2D eigenvalue weighted by molar-refractivity contribution is 7.99. The molecule has 0 bridgehead atoms. The maximum absolute atomic E-state index is 12.7. The van der Waals surface area contributed by atoms with Crippen LogP contribution in [0.1, 0.15) is 54.6 Å². The molecule has 3 aromatic rings. The second-order valence-corrected chi connectivity index (χ2v) is 8.94. The van der Waals surface area contributed by atoms with Crippen LogP contribution in [0.4, 0.5) is 5.69 Å². The van der Waals surface area contributed by atoms with Crippen molar-refractivity contribution < 1.29 is 14.5 Å². The molecule has 0 unspecified atom stereocenters. The van der Waals surface area contributed by atoms with Gasteiger partial charge in [0, 0.05) is 17.7 Å². The smallest absolute Gasteiger partial charge is 0.270 e.